The van der Waals surface area contributed by atoms with Gasteiger partial charge in [-0.3, -0.25) is 14.5 Å². The smallest absolute Gasteiger partial charge is 0.331 e. The molecule has 162 valence electrons. The Bertz CT molecular complexity index is 1010. The number of fused-ring (bicyclic) bond motifs is 1. The second-order valence-electron chi connectivity index (χ2n) is 6.44. The molecule has 0 fully saturated rings. The standard InChI is InChI=1S/C22H22N2O7/c1-28-17-10-14(11-18(29-2)22(17)30-3)8-9-21(27)31-13-20(26)24-12-19(25)23-15-6-4-5-7-16(15)24/h4-11H,12-13H2,1-3H3,(H,23,25)/b9-8+. The lowest BCUT2D eigenvalue weighted by Gasteiger charge is -2.28. The SMILES string of the molecule is COc1cc(/C=C/C(=O)OCC(=O)N2CC(=O)Nc3ccccc32)cc(OC)c1OC. The summed E-state index contributed by atoms with van der Waals surface area (Å²) >= 11 is 0. The molecular weight excluding hydrogens is 404 g/mol. The van der Waals surface area contributed by atoms with E-state index in [1.54, 1.807) is 36.4 Å². The van der Waals surface area contributed by atoms with Crippen molar-refractivity contribution in [3.8, 4) is 17.2 Å². The highest BCUT2D eigenvalue weighted by molar-refractivity contribution is 6.10. The number of esters is 1. The van der Waals surface area contributed by atoms with Gasteiger partial charge in [0.05, 0.1) is 32.7 Å². The van der Waals surface area contributed by atoms with Gasteiger partial charge in [-0.05, 0) is 35.9 Å². The van der Waals surface area contributed by atoms with Crippen LogP contribution in [0, 0.1) is 0 Å². The van der Waals surface area contributed by atoms with E-state index in [0.717, 1.165) is 0 Å². The summed E-state index contributed by atoms with van der Waals surface area (Å²) in [6, 6.07) is 10.2. The topological polar surface area (TPSA) is 103 Å². The molecule has 0 aromatic heterocycles. The van der Waals surface area contributed by atoms with Gasteiger partial charge in [-0.1, -0.05) is 12.1 Å². The van der Waals surface area contributed by atoms with E-state index in [-0.39, 0.29) is 12.5 Å². The van der Waals surface area contributed by atoms with Crippen molar-refractivity contribution in [3.63, 3.8) is 0 Å². The third-order valence-electron chi connectivity index (χ3n) is 4.51. The lowest BCUT2D eigenvalue weighted by Crippen LogP contribution is -2.43. The first-order valence-corrected chi connectivity index (χ1v) is 9.31. The van der Waals surface area contributed by atoms with Gasteiger partial charge in [0.25, 0.3) is 5.91 Å². The molecule has 0 aliphatic carbocycles. The Kier molecular flexibility index (Phi) is 6.76. The van der Waals surface area contributed by atoms with Gasteiger partial charge >= 0.3 is 5.97 Å². The van der Waals surface area contributed by atoms with E-state index in [1.807, 2.05) is 0 Å². The maximum absolute atomic E-state index is 12.5. The fourth-order valence-corrected chi connectivity index (χ4v) is 3.08. The molecule has 1 aliphatic rings. The normalized spacial score (nSPS) is 12.7. The Morgan fingerprint density at radius 3 is 2.39 bits per heavy atom. The number of carbonyl (C=O) groups excluding carboxylic acids is 3. The molecule has 0 saturated carbocycles. The Labute approximate surface area is 179 Å². The third kappa shape index (κ3) is 4.95. The Balaban J connectivity index is 1.65. The number of carbonyl (C=O) groups is 3. The Morgan fingerprint density at radius 2 is 1.74 bits per heavy atom. The van der Waals surface area contributed by atoms with Crippen LogP contribution in [-0.4, -0.2) is 52.3 Å². The van der Waals surface area contributed by atoms with Crippen molar-refractivity contribution in [1.29, 1.82) is 0 Å². The van der Waals surface area contributed by atoms with Crippen molar-refractivity contribution in [2.24, 2.45) is 0 Å². The molecule has 0 atom stereocenters. The lowest BCUT2D eigenvalue weighted by atomic mass is 10.1. The molecule has 31 heavy (non-hydrogen) atoms. The second kappa shape index (κ2) is 9.66. The predicted octanol–water partition coefficient (Wildman–Crippen LogP) is 2.25. The summed E-state index contributed by atoms with van der Waals surface area (Å²) in [4.78, 5) is 37.7. The first-order valence-electron chi connectivity index (χ1n) is 9.31. The van der Waals surface area contributed by atoms with Crippen molar-refractivity contribution in [2.45, 2.75) is 0 Å². The predicted molar refractivity (Wildman–Crippen MR) is 114 cm³/mol. The van der Waals surface area contributed by atoms with Crippen LogP contribution in [0.3, 0.4) is 0 Å². The van der Waals surface area contributed by atoms with Crippen LogP contribution in [0.4, 0.5) is 11.4 Å². The molecule has 2 aromatic rings. The first kappa shape index (κ1) is 21.7. The average Bonchev–Trinajstić information content (AvgIpc) is 2.79. The van der Waals surface area contributed by atoms with Gasteiger partial charge in [-0.25, -0.2) is 4.79 Å². The first-order chi connectivity index (χ1) is 15.0. The van der Waals surface area contributed by atoms with Gasteiger partial charge in [0.2, 0.25) is 11.7 Å². The zero-order valence-electron chi connectivity index (χ0n) is 17.3. The van der Waals surface area contributed by atoms with Crippen LogP contribution in [0.2, 0.25) is 0 Å². The average molecular weight is 426 g/mol. The quantitative estimate of drug-likeness (QED) is 0.535. The number of rotatable bonds is 7. The summed E-state index contributed by atoms with van der Waals surface area (Å²) < 4.78 is 20.9. The molecule has 0 unspecified atom stereocenters. The summed E-state index contributed by atoms with van der Waals surface area (Å²) in [7, 11) is 4.47. The lowest BCUT2D eigenvalue weighted by molar-refractivity contribution is -0.143. The molecule has 9 nitrogen and oxygen atoms in total. The number of anilines is 2. The second-order valence-corrected chi connectivity index (χ2v) is 6.44. The molecule has 0 saturated heterocycles. The van der Waals surface area contributed by atoms with E-state index in [1.165, 1.54) is 38.4 Å². The van der Waals surface area contributed by atoms with Crippen LogP contribution < -0.4 is 24.4 Å². The molecule has 3 rings (SSSR count). The Morgan fingerprint density at radius 1 is 1.06 bits per heavy atom. The minimum Gasteiger partial charge on any atom is -0.493 e. The fraction of sp³-hybridized carbons (Fsp3) is 0.227. The summed E-state index contributed by atoms with van der Waals surface area (Å²) in [5, 5.41) is 2.69. The highest BCUT2D eigenvalue weighted by Crippen LogP contribution is 2.38. The van der Waals surface area contributed by atoms with Gasteiger partial charge in [-0.15, -0.1) is 0 Å². The van der Waals surface area contributed by atoms with Crippen molar-refractivity contribution in [2.75, 3.05) is 44.7 Å². The summed E-state index contributed by atoms with van der Waals surface area (Å²) in [5.74, 6) is -0.227. The number of nitrogens with one attached hydrogen (secondary N) is 1. The van der Waals surface area contributed by atoms with Crippen LogP contribution in [0.1, 0.15) is 5.56 Å². The van der Waals surface area contributed by atoms with E-state index in [9.17, 15) is 14.4 Å². The van der Waals surface area contributed by atoms with Crippen LogP contribution in [0.15, 0.2) is 42.5 Å². The maximum atomic E-state index is 12.5. The molecular formula is C22H22N2O7. The highest BCUT2D eigenvalue weighted by Gasteiger charge is 2.27. The zero-order chi connectivity index (χ0) is 22.4. The van der Waals surface area contributed by atoms with Gasteiger partial charge in [0.15, 0.2) is 18.1 Å². The number of ether oxygens (including phenoxy) is 4. The molecule has 0 bridgehead atoms. The molecule has 1 aliphatic heterocycles. The number of hydrogen-bond acceptors (Lipinski definition) is 7. The number of hydrogen-bond donors (Lipinski definition) is 1. The Hall–Kier alpha value is -4.01. The number of nitrogens with zero attached hydrogens (tertiary/aromatic N) is 1. The van der Waals surface area contributed by atoms with Gasteiger partial charge in [0, 0.05) is 6.08 Å². The van der Waals surface area contributed by atoms with Gasteiger partial charge in [0.1, 0.15) is 6.54 Å². The molecule has 2 aromatic carbocycles. The van der Waals surface area contributed by atoms with Gasteiger partial charge in [-0.2, -0.15) is 0 Å². The van der Waals surface area contributed by atoms with Crippen LogP contribution >= 0.6 is 0 Å². The van der Waals surface area contributed by atoms with E-state index in [2.05, 4.69) is 5.32 Å². The monoisotopic (exact) mass is 426 g/mol. The number of methoxy groups -OCH3 is 3. The van der Waals surface area contributed by atoms with E-state index in [0.29, 0.717) is 34.2 Å². The van der Waals surface area contributed by atoms with E-state index < -0.39 is 18.5 Å². The highest BCUT2D eigenvalue weighted by atomic mass is 16.5. The minimum absolute atomic E-state index is 0.144. The molecule has 0 radical (unpaired) electrons. The maximum Gasteiger partial charge on any atom is 0.331 e. The third-order valence-corrected chi connectivity index (χ3v) is 4.51. The molecule has 0 spiro atoms. The summed E-state index contributed by atoms with van der Waals surface area (Å²) in [5.41, 5.74) is 1.69. The van der Waals surface area contributed by atoms with Crippen molar-refractivity contribution in [1.82, 2.24) is 0 Å². The molecule has 1 heterocycles. The summed E-state index contributed by atoms with van der Waals surface area (Å²) in [6.45, 7) is -0.644. The molecule has 2 amide bonds. The van der Waals surface area contributed by atoms with Crippen molar-refractivity contribution < 1.29 is 33.3 Å². The zero-order valence-corrected chi connectivity index (χ0v) is 17.3. The van der Waals surface area contributed by atoms with Gasteiger partial charge < -0.3 is 24.3 Å². The van der Waals surface area contributed by atoms with Crippen LogP contribution in [0.25, 0.3) is 6.08 Å². The van der Waals surface area contributed by atoms with Crippen molar-refractivity contribution in [3.05, 3.63) is 48.0 Å². The molecule has 1 N–H and O–H groups in total. The number of amides is 2. The summed E-state index contributed by atoms with van der Waals surface area (Å²) in [6.07, 6.45) is 2.69. The number of benzene rings is 2. The van der Waals surface area contributed by atoms with E-state index in [4.69, 9.17) is 18.9 Å². The number of para-hydroxylation sites is 2. The van der Waals surface area contributed by atoms with Crippen LogP contribution in [0.5, 0.6) is 17.2 Å². The fourth-order valence-electron chi connectivity index (χ4n) is 3.08. The van der Waals surface area contributed by atoms with E-state index >= 15 is 0 Å². The molecule has 9 heteroatoms. The minimum atomic E-state index is -0.711. The van der Waals surface area contributed by atoms with Crippen molar-refractivity contribution >= 4 is 35.2 Å². The largest absolute Gasteiger partial charge is 0.493 e. The van der Waals surface area contributed by atoms with Crippen LogP contribution in [-0.2, 0) is 19.1 Å².